The van der Waals surface area contributed by atoms with Gasteiger partial charge in [0.05, 0.1) is 0 Å². The molecule has 0 spiro atoms. The van der Waals surface area contributed by atoms with Crippen LogP contribution in [-0.4, -0.2) is 16.8 Å². The Balaban J connectivity index is 4.92. The molecular weight excluding hydrogens is 300 g/mol. The van der Waals surface area contributed by atoms with Crippen LogP contribution in [0.15, 0.2) is 12.2 Å². The number of esters is 1. The number of hydrogen-bond donors (Lipinski definition) is 0. The first-order valence-electron chi connectivity index (χ1n) is 8.04. The van der Waals surface area contributed by atoms with Crippen molar-refractivity contribution in [3.05, 3.63) is 12.2 Å². The molecule has 0 heterocycles. The highest BCUT2D eigenvalue weighted by Gasteiger charge is 2.37. The molecule has 0 saturated heterocycles. The lowest BCUT2D eigenvalue weighted by Crippen LogP contribution is -2.31. The third-order valence-electron chi connectivity index (χ3n) is 3.54. The van der Waals surface area contributed by atoms with Gasteiger partial charge in [-0.3, -0.25) is 4.79 Å². The van der Waals surface area contributed by atoms with E-state index in [4.69, 9.17) is 16.3 Å². The molecule has 0 saturated carbocycles. The van der Waals surface area contributed by atoms with E-state index < -0.39 is 17.0 Å². The van der Waals surface area contributed by atoms with Crippen molar-refractivity contribution < 1.29 is 14.3 Å². The Bertz CT molecular complexity index is 407. The number of ether oxygens (including phenoxy) is 1. The van der Waals surface area contributed by atoms with Crippen molar-refractivity contribution in [3.8, 4) is 0 Å². The second-order valence-electron chi connectivity index (χ2n) is 7.51. The number of carbonyl (C=O) groups is 2. The van der Waals surface area contributed by atoms with Gasteiger partial charge in [0, 0.05) is 11.0 Å². The summed E-state index contributed by atoms with van der Waals surface area (Å²) in [6.45, 7) is 15.5. The Morgan fingerprint density at radius 3 is 2.09 bits per heavy atom. The lowest BCUT2D eigenvalue weighted by molar-refractivity contribution is -0.150. The molecule has 0 rings (SSSR count). The highest BCUT2D eigenvalue weighted by atomic mass is 35.5. The van der Waals surface area contributed by atoms with E-state index in [0.717, 1.165) is 19.3 Å². The van der Waals surface area contributed by atoms with Crippen molar-refractivity contribution in [2.45, 2.75) is 79.2 Å². The Hall–Kier alpha value is -0.830. The quantitative estimate of drug-likeness (QED) is 0.329. The zero-order valence-electron chi connectivity index (χ0n) is 14.9. The first-order valence-corrected chi connectivity index (χ1v) is 8.42. The van der Waals surface area contributed by atoms with Gasteiger partial charge >= 0.3 is 5.97 Å². The highest BCUT2D eigenvalue weighted by molar-refractivity contribution is 6.64. The molecule has 0 aromatic heterocycles. The predicted octanol–water partition coefficient (Wildman–Crippen LogP) is 5.26. The SMILES string of the molecule is C=C(CCC(CCC)(CC(C)C)C(=O)Cl)C(=O)OC(C)(C)C. The van der Waals surface area contributed by atoms with Gasteiger partial charge in [-0.25, -0.2) is 4.79 Å². The fraction of sp³-hybridized carbons (Fsp3) is 0.778. The van der Waals surface area contributed by atoms with Crippen molar-refractivity contribution in [1.82, 2.24) is 0 Å². The van der Waals surface area contributed by atoms with Gasteiger partial charge in [-0.2, -0.15) is 0 Å². The maximum Gasteiger partial charge on any atom is 0.333 e. The molecule has 1 atom stereocenters. The van der Waals surface area contributed by atoms with Crippen molar-refractivity contribution in [3.63, 3.8) is 0 Å². The Morgan fingerprint density at radius 2 is 1.73 bits per heavy atom. The number of hydrogen-bond acceptors (Lipinski definition) is 3. The fourth-order valence-electron chi connectivity index (χ4n) is 2.71. The minimum Gasteiger partial charge on any atom is -0.457 e. The largest absolute Gasteiger partial charge is 0.457 e. The van der Waals surface area contributed by atoms with Gasteiger partial charge in [-0.1, -0.05) is 33.8 Å². The summed E-state index contributed by atoms with van der Waals surface area (Å²) in [6, 6.07) is 0. The van der Waals surface area contributed by atoms with Gasteiger partial charge in [-0.05, 0) is 64.0 Å². The van der Waals surface area contributed by atoms with Gasteiger partial charge in [0.15, 0.2) is 0 Å². The second kappa shape index (κ2) is 8.71. The van der Waals surface area contributed by atoms with Crippen LogP contribution in [0, 0.1) is 11.3 Å². The van der Waals surface area contributed by atoms with Crippen molar-refractivity contribution in [1.29, 1.82) is 0 Å². The van der Waals surface area contributed by atoms with E-state index in [1.54, 1.807) is 0 Å². The van der Waals surface area contributed by atoms with E-state index in [0.29, 0.717) is 24.3 Å². The van der Waals surface area contributed by atoms with Crippen LogP contribution in [0.5, 0.6) is 0 Å². The molecule has 0 amide bonds. The van der Waals surface area contributed by atoms with Crippen LogP contribution in [0.2, 0.25) is 0 Å². The molecule has 0 fully saturated rings. The molecule has 128 valence electrons. The van der Waals surface area contributed by atoms with Gasteiger partial charge in [0.1, 0.15) is 5.60 Å². The van der Waals surface area contributed by atoms with E-state index in [-0.39, 0.29) is 5.24 Å². The molecule has 0 aliphatic carbocycles. The van der Waals surface area contributed by atoms with Crippen LogP contribution in [-0.2, 0) is 14.3 Å². The lowest BCUT2D eigenvalue weighted by Gasteiger charge is -2.32. The zero-order chi connectivity index (χ0) is 17.6. The van der Waals surface area contributed by atoms with E-state index in [2.05, 4.69) is 20.4 Å². The van der Waals surface area contributed by atoms with Crippen LogP contribution >= 0.6 is 11.6 Å². The Kier molecular flexibility index (Phi) is 8.38. The average Bonchev–Trinajstić information content (AvgIpc) is 2.32. The van der Waals surface area contributed by atoms with Crippen LogP contribution in [0.3, 0.4) is 0 Å². The molecule has 0 aliphatic heterocycles. The van der Waals surface area contributed by atoms with E-state index >= 15 is 0 Å². The third-order valence-corrected chi connectivity index (χ3v) is 3.94. The van der Waals surface area contributed by atoms with Crippen LogP contribution in [0.1, 0.15) is 73.6 Å². The normalized spacial score (nSPS) is 14.5. The summed E-state index contributed by atoms with van der Waals surface area (Å²) >= 11 is 5.91. The van der Waals surface area contributed by atoms with Crippen LogP contribution in [0.4, 0.5) is 0 Å². The minimum absolute atomic E-state index is 0.306. The molecule has 1 unspecified atom stereocenters. The molecule has 4 heteroatoms. The first-order chi connectivity index (χ1) is 9.93. The summed E-state index contributed by atoms with van der Waals surface area (Å²) in [5, 5.41) is -0.306. The Morgan fingerprint density at radius 1 is 1.18 bits per heavy atom. The highest BCUT2D eigenvalue weighted by Crippen LogP contribution is 2.40. The summed E-state index contributed by atoms with van der Waals surface area (Å²) in [7, 11) is 0. The molecule has 0 aromatic rings. The van der Waals surface area contributed by atoms with E-state index in [1.165, 1.54) is 0 Å². The number of rotatable bonds is 9. The molecule has 0 bridgehead atoms. The standard InChI is InChI=1S/C18H31ClO3/c1-8-10-18(16(19)21,12-13(2)3)11-9-14(4)15(20)22-17(5,6)7/h13H,4,8-12H2,1-3,5-7H3. The first kappa shape index (κ1) is 21.2. The fourth-order valence-corrected chi connectivity index (χ4v) is 2.97. The third kappa shape index (κ3) is 7.44. The summed E-state index contributed by atoms with van der Waals surface area (Å²) < 4.78 is 5.31. The van der Waals surface area contributed by atoms with Gasteiger partial charge < -0.3 is 4.74 Å². The smallest absolute Gasteiger partial charge is 0.333 e. The van der Waals surface area contributed by atoms with Crippen molar-refractivity contribution >= 4 is 22.8 Å². The predicted molar refractivity (Wildman–Crippen MR) is 91.9 cm³/mol. The molecular formula is C18H31ClO3. The molecule has 0 aromatic carbocycles. The maximum absolute atomic E-state index is 12.0. The van der Waals surface area contributed by atoms with E-state index in [9.17, 15) is 9.59 Å². The Labute approximate surface area is 140 Å². The monoisotopic (exact) mass is 330 g/mol. The van der Waals surface area contributed by atoms with Gasteiger partial charge in [0.2, 0.25) is 5.24 Å². The van der Waals surface area contributed by atoms with Crippen molar-refractivity contribution in [2.75, 3.05) is 0 Å². The van der Waals surface area contributed by atoms with Gasteiger partial charge in [-0.15, -0.1) is 0 Å². The van der Waals surface area contributed by atoms with Crippen molar-refractivity contribution in [2.24, 2.45) is 11.3 Å². The summed E-state index contributed by atoms with van der Waals surface area (Å²) in [5.41, 5.74) is -0.715. The molecule has 22 heavy (non-hydrogen) atoms. The number of halogens is 1. The summed E-state index contributed by atoms with van der Waals surface area (Å²) in [6.07, 6.45) is 3.31. The summed E-state index contributed by atoms with van der Waals surface area (Å²) in [5.74, 6) is -0.0338. The molecule has 3 nitrogen and oxygen atoms in total. The summed E-state index contributed by atoms with van der Waals surface area (Å²) in [4.78, 5) is 24.0. The minimum atomic E-state index is -0.574. The van der Waals surface area contributed by atoms with Gasteiger partial charge in [0.25, 0.3) is 0 Å². The molecule has 0 aliphatic rings. The lowest BCUT2D eigenvalue weighted by atomic mass is 9.73. The maximum atomic E-state index is 12.0. The van der Waals surface area contributed by atoms with Crippen LogP contribution in [0.25, 0.3) is 0 Å². The molecule has 0 radical (unpaired) electrons. The topological polar surface area (TPSA) is 43.4 Å². The van der Waals surface area contributed by atoms with E-state index in [1.807, 2.05) is 27.7 Å². The average molecular weight is 331 g/mol. The second-order valence-corrected chi connectivity index (χ2v) is 7.85. The number of carbonyl (C=O) groups excluding carboxylic acids is 2. The zero-order valence-corrected chi connectivity index (χ0v) is 15.7. The van der Waals surface area contributed by atoms with Crippen LogP contribution < -0.4 is 0 Å². The molecule has 0 N–H and O–H groups in total.